The minimum Gasteiger partial charge on any atom is -0.366 e. The Balaban J connectivity index is 4.96. The van der Waals surface area contributed by atoms with Crippen molar-refractivity contribution in [2.24, 2.45) is 10.7 Å². The number of hydrogen-bond donors (Lipinski definition) is 1. The first-order valence-electron chi connectivity index (χ1n) is 4.02. The molecule has 2 N–H and O–H groups in total. The zero-order valence-corrected chi connectivity index (χ0v) is 9.56. The van der Waals surface area contributed by atoms with Crippen molar-refractivity contribution in [2.45, 2.75) is 13.3 Å². The largest absolute Gasteiger partial charge is 0.366 e. The molecule has 0 bridgehead atoms. The van der Waals surface area contributed by atoms with E-state index in [0.717, 1.165) is 0 Å². The van der Waals surface area contributed by atoms with Crippen LogP contribution < -0.4 is 5.73 Å². The van der Waals surface area contributed by atoms with Crippen LogP contribution in [0, 0.1) is 0 Å². The molecule has 0 rings (SSSR count). The minimum absolute atomic E-state index is 0.204. The Hall–Kier alpha value is -0.800. The number of rotatable bonds is 4. The number of aliphatic imine (C=N–C) groups is 1. The lowest BCUT2D eigenvalue weighted by molar-refractivity contribution is -0.114. The van der Waals surface area contributed by atoms with Crippen LogP contribution in [0.2, 0.25) is 0 Å². The fourth-order valence-electron chi connectivity index (χ4n) is 0.767. The summed E-state index contributed by atoms with van der Waals surface area (Å²) in [6.07, 6.45) is 3.69. The first-order valence-corrected chi connectivity index (χ1v) is 4.78. The summed E-state index contributed by atoms with van der Waals surface area (Å²) in [5.41, 5.74) is 5.39. The Bertz CT molecular complexity index is 306. The molecule has 0 saturated carbocycles. The molecule has 0 fully saturated rings. The first kappa shape index (κ1) is 13.2. The molecule has 14 heavy (non-hydrogen) atoms. The molecule has 0 aromatic carbocycles. The summed E-state index contributed by atoms with van der Waals surface area (Å²) in [5.74, 6) is -0.575. The SMILES string of the molecule is CC/C=C(C(N)=O)/C(Cl)=C\C(Cl)=NC. The second-order valence-electron chi connectivity index (χ2n) is 2.43. The van der Waals surface area contributed by atoms with Crippen LogP contribution in [0.25, 0.3) is 0 Å². The van der Waals surface area contributed by atoms with Gasteiger partial charge in [0.1, 0.15) is 5.17 Å². The minimum atomic E-state index is -0.575. The summed E-state index contributed by atoms with van der Waals surface area (Å²) in [7, 11) is 1.52. The van der Waals surface area contributed by atoms with Gasteiger partial charge in [-0.2, -0.15) is 0 Å². The van der Waals surface area contributed by atoms with E-state index in [4.69, 9.17) is 28.9 Å². The summed E-state index contributed by atoms with van der Waals surface area (Å²) in [5, 5.41) is 0.424. The van der Waals surface area contributed by atoms with Crippen molar-refractivity contribution in [3.8, 4) is 0 Å². The predicted octanol–water partition coefficient (Wildman–Crippen LogP) is 2.20. The van der Waals surface area contributed by atoms with Crippen molar-refractivity contribution in [1.82, 2.24) is 0 Å². The third-order valence-corrected chi connectivity index (χ3v) is 1.98. The highest BCUT2D eigenvalue weighted by molar-refractivity contribution is 6.69. The van der Waals surface area contributed by atoms with Gasteiger partial charge >= 0.3 is 0 Å². The van der Waals surface area contributed by atoms with Crippen LogP contribution >= 0.6 is 23.2 Å². The number of primary amides is 1. The number of carbonyl (C=O) groups excluding carboxylic acids is 1. The molecule has 0 radical (unpaired) electrons. The number of nitrogens with two attached hydrogens (primary N) is 1. The molecule has 0 spiro atoms. The van der Waals surface area contributed by atoms with E-state index < -0.39 is 5.91 Å². The van der Waals surface area contributed by atoms with Gasteiger partial charge < -0.3 is 5.73 Å². The topological polar surface area (TPSA) is 55.5 Å². The monoisotopic (exact) mass is 234 g/mol. The van der Waals surface area contributed by atoms with E-state index in [9.17, 15) is 4.79 Å². The van der Waals surface area contributed by atoms with Crippen LogP contribution in [-0.2, 0) is 4.79 Å². The lowest BCUT2D eigenvalue weighted by Gasteiger charge is -2.00. The van der Waals surface area contributed by atoms with Crippen LogP contribution in [0.3, 0.4) is 0 Å². The molecule has 0 aliphatic heterocycles. The van der Waals surface area contributed by atoms with E-state index in [1.807, 2.05) is 6.92 Å². The average Bonchev–Trinajstić information content (AvgIpc) is 2.13. The zero-order chi connectivity index (χ0) is 11.1. The van der Waals surface area contributed by atoms with Gasteiger partial charge in [0.2, 0.25) is 5.91 Å². The number of carbonyl (C=O) groups is 1. The molecule has 3 nitrogen and oxygen atoms in total. The summed E-state index contributed by atoms with van der Waals surface area (Å²) in [6, 6.07) is 0. The number of amides is 1. The lowest BCUT2D eigenvalue weighted by Crippen LogP contribution is -2.14. The highest BCUT2D eigenvalue weighted by atomic mass is 35.5. The molecule has 0 atom stereocenters. The van der Waals surface area contributed by atoms with Crippen molar-refractivity contribution < 1.29 is 4.79 Å². The third-order valence-electron chi connectivity index (χ3n) is 1.39. The van der Waals surface area contributed by atoms with Gasteiger partial charge in [-0.15, -0.1) is 0 Å². The Labute approximate surface area is 93.3 Å². The maximum Gasteiger partial charge on any atom is 0.249 e. The maximum absolute atomic E-state index is 10.9. The highest BCUT2D eigenvalue weighted by Crippen LogP contribution is 2.15. The van der Waals surface area contributed by atoms with Gasteiger partial charge in [0.15, 0.2) is 0 Å². The van der Waals surface area contributed by atoms with Crippen LogP contribution in [-0.4, -0.2) is 18.1 Å². The van der Waals surface area contributed by atoms with Crippen LogP contribution in [0.1, 0.15) is 13.3 Å². The first-order chi connectivity index (χ1) is 6.52. The van der Waals surface area contributed by atoms with E-state index in [1.54, 1.807) is 6.08 Å². The quantitative estimate of drug-likeness (QED) is 0.453. The molecule has 0 unspecified atom stereocenters. The fourth-order valence-corrected chi connectivity index (χ4v) is 1.21. The Morgan fingerprint density at radius 1 is 1.50 bits per heavy atom. The van der Waals surface area contributed by atoms with E-state index in [-0.39, 0.29) is 15.8 Å². The molecule has 0 aliphatic rings. The van der Waals surface area contributed by atoms with E-state index >= 15 is 0 Å². The van der Waals surface area contributed by atoms with Gasteiger partial charge in [0, 0.05) is 7.05 Å². The molecule has 5 heteroatoms. The summed E-state index contributed by atoms with van der Waals surface area (Å²) >= 11 is 11.4. The van der Waals surface area contributed by atoms with E-state index in [1.165, 1.54) is 13.1 Å². The van der Waals surface area contributed by atoms with Crippen molar-refractivity contribution in [2.75, 3.05) is 7.05 Å². The summed E-state index contributed by atoms with van der Waals surface area (Å²) in [6.45, 7) is 1.88. The molecule has 0 saturated heterocycles. The second-order valence-corrected chi connectivity index (χ2v) is 3.22. The average molecular weight is 235 g/mol. The fraction of sp³-hybridized carbons (Fsp3) is 0.333. The predicted molar refractivity (Wildman–Crippen MR) is 60.7 cm³/mol. The summed E-state index contributed by atoms with van der Waals surface area (Å²) < 4.78 is 0. The Kier molecular flexibility index (Phi) is 6.25. The van der Waals surface area contributed by atoms with Crippen LogP contribution in [0.15, 0.2) is 27.7 Å². The Morgan fingerprint density at radius 2 is 2.07 bits per heavy atom. The van der Waals surface area contributed by atoms with Gasteiger partial charge in [0.05, 0.1) is 10.6 Å². The van der Waals surface area contributed by atoms with E-state index in [2.05, 4.69) is 4.99 Å². The Morgan fingerprint density at radius 3 is 2.43 bits per heavy atom. The van der Waals surface area contributed by atoms with Crippen molar-refractivity contribution >= 4 is 34.3 Å². The number of halogens is 2. The van der Waals surface area contributed by atoms with Crippen molar-refractivity contribution in [1.29, 1.82) is 0 Å². The van der Waals surface area contributed by atoms with Gasteiger partial charge in [-0.3, -0.25) is 9.79 Å². The van der Waals surface area contributed by atoms with Gasteiger partial charge in [-0.1, -0.05) is 36.2 Å². The van der Waals surface area contributed by atoms with Crippen molar-refractivity contribution in [3.05, 3.63) is 22.8 Å². The van der Waals surface area contributed by atoms with Gasteiger partial charge in [-0.25, -0.2) is 0 Å². The molecule has 0 aromatic heterocycles. The lowest BCUT2D eigenvalue weighted by atomic mass is 10.2. The van der Waals surface area contributed by atoms with Crippen LogP contribution in [0.4, 0.5) is 0 Å². The third kappa shape index (κ3) is 4.44. The van der Waals surface area contributed by atoms with Gasteiger partial charge in [0.25, 0.3) is 0 Å². The highest BCUT2D eigenvalue weighted by Gasteiger charge is 2.08. The maximum atomic E-state index is 10.9. The normalized spacial score (nSPS) is 14.4. The van der Waals surface area contributed by atoms with E-state index in [0.29, 0.717) is 6.42 Å². The van der Waals surface area contributed by atoms with Crippen LogP contribution in [0.5, 0.6) is 0 Å². The molecule has 78 valence electrons. The van der Waals surface area contributed by atoms with Gasteiger partial charge in [-0.05, 0) is 12.5 Å². The number of allylic oxidation sites excluding steroid dienone is 2. The molecular formula is C9H12Cl2N2O. The smallest absolute Gasteiger partial charge is 0.249 e. The molecule has 0 aliphatic carbocycles. The summed E-state index contributed by atoms with van der Waals surface area (Å²) in [4.78, 5) is 14.6. The number of hydrogen-bond acceptors (Lipinski definition) is 2. The number of nitrogens with zero attached hydrogens (tertiary/aromatic N) is 1. The molecular weight excluding hydrogens is 223 g/mol. The molecule has 0 aromatic rings. The zero-order valence-electron chi connectivity index (χ0n) is 8.05. The standard InChI is InChI=1S/C9H12Cl2N2O/c1-3-4-6(9(12)14)7(10)5-8(11)13-2/h4-5H,3H2,1-2H3,(H2,12,14)/b6-4-,7-5+,13-8?. The van der Waals surface area contributed by atoms with Crippen molar-refractivity contribution in [3.63, 3.8) is 0 Å². The molecule has 0 heterocycles. The molecule has 1 amide bonds. The second kappa shape index (κ2) is 6.62.